The van der Waals surface area contributed by atoms with E-state index < -0.39 is 40.9 Å². The summed E-state index contributed by atoms with van der Waals surface area (Å²) in [6, 6.07) is -0.212. The van der Waals surface area contributed by atoms with E-state index in [9.17, 15) is 22.8 Å². The molecular weight excluding hydrogens is 335 g/mol. The number of methoxy groups -OCH3 is 1. The molecule has 0 saturated heterocycles. The van der Waals surface area contributed by atoms with Crippen molar-refractivity contribution in [1.29, 1.82) is 0 Å². The van der Waals surface area contributed by atoms with Crippen LogP contribution in [0.2, 0.25) is 0 Å². The number of hydrogen-bond acceptors (Lipinski definition) is 3. The van der Waals surface area contributed by atoms with Gasteiger partial charge in [0.1, 0.15) is 29.1 Å². The topological polar surface area (TPSA) is 55.4 Å². The average Bonchev–Trinajstić information content (AvgIpc) is 2.55. The van der Waals surface area contributed by atoms with Gasteiger partial charge in [0.05, 0.1) is 7.11 Å². The van der Waals surface area contributed by atoms with Gasteiger partial charge < -0.3 is 10.1 Å². The first-order chi connectivity index (χ1) is 11.9. The van der Waals surface area contributed by atoms with Gasteiger partial charge in [-0.1, -0.05) is 25.3 Å². The van der Waals surface area contributed by atoms with Crippen LogP contribution in [0.1, 0.15) is 48.9 Å². The number of carbonyl (C=O) groups is 2. The van der Waals surface area contributed by atoms with Crippen LogP contribution in [0.15, 0.2) is 24.8 Å². The standard InChI is InChI=1S/C18H22F3NO3/c1-3-4-5-6-7-8-9-15(18(24)25-2)22-17(23)16-13(20)10-12(19)11-14(16)21/h3,10-11,15H,1,4-9H2,2H3,(H,22,23)/t15-/m1/s1. The second kappa shape index (κ2) is 10.5. The van der Waals surface area contributed by atoms with Crippen LogP contribution in [0.4, 0.5) is 13.2 Å². The van der Waals surface area contributed by atoms with E-state index in [1.807, 2.05) is 6.08 Å². The molecule has 0 spiro atoms. The first-order valence-corrected chi connectivity index (χ1v) is 8.04. The van der Waals surface area contributed by atoms with Crippen molar-refractivity contribution in [1.82, 2.24) is 5.32 Å². The molecule has 138 valence electrons. The SMILES string of the molecule is C=CCCCCCC[C@@H](NC(=O)c1c(F)cc(F)cc1F)C(=O)OC. The van der Waals surface area contributed by atoms with Gasteiger partial charge in [0.15, 0.2) is 0 Å². The molecule has 1 atom stereocenters. The van der Waals surface area contributed by atoms with Gasteiger partial charge in [0.25, 0.3) is 5.91 Å². The Kier molecular flexibility index (Phi) is 8.74. The number of hydrogen-bond donors (Lipinski definition) is 1. The second-order valence-corrected chi connectivity index (χ2v) is 5.57. The second-order valence-electron chi connectivity index (χ2n) is 5.57. The Morgan fingerprint density at radius 3 is 2.32 bits per heavy atom. The lowest BCUT2D eigenvalue weighted by Crippen LogP contribution is -2.42. The number of nitrogens with one attached hydrogen (secondary N) is 1. The molecule has 1 aromatic rings. The van der Waals surface area contributed by atoms with E-state index in [2.05, 4.69) is 16.6 Å². The lowest BCUT2D eigenvalue weighted by Gasteiger charge is -2.17. The first kappa shape index (κ1) is 20.7. The smallest absolute Gasteiger partial charge is 0.328 e. The summed E-state index contributed by atoms with van der Waals surface area (Å²) < 4.78 is 44.8. The molecule has 7 heteroatoms. The molecule has 0 saturated carbocycles. The first-order valence-electron chi connectivity index (χ1n) is 8.04. The van der Waals surface area contributed by atoms with E-state index in [0.29, 0.717) is 18.6 Å². The number of esters is 1. The monoisotopic (exact) mass is 357 g/mol. The molecule has 0 radical (unpaired) electrons. The summed E-state index contributed by atoms with van der Waals surface area (Å²) in [5.41, 5.74) is -0.929. The van der Waals surface area contributed by atoms with Crippen LogP contribution in [-0.2, 0) is 9.53 Å². The lowest BCUT2D eigenvalue weighted by atomic mass is 10.1. The molecule has 1 rings (SSSR count). The van der Waals surface area contributed by atoms with Crippen LogP contribution in [0, 0.1) is 17.5 Å². The zero-order valence-electron chi connectivity index (χ0n) is 14.1. The molecule has 1 amide bonds. The van der Waals surface area contributed by atoms with E-state index >= 15 is 0 Å². The number of ether oxygens (including phenoxy) is 1. The molecule has 1 aromatic carbocycles. The van der Waals surface area contributed by atoms with Gasteiger partial charge in [-0.05, 0) is 19.3 Å². The zero-order valence-corrected chi connectivity index (χ0v) is 14.1. The van der Waals surface area contributed by atoms with E-state index in [-0.39, 0.29) is 6.42 Å². The van der Waals surface area contributed by atoms with Crippen molar-refractivity contribution in [3.63, 3.8) is 0 Å². The zero-order chi connectivity index (χ0) is 18.8. The highest BCUT2D eigenvalue weighted by molar-refractivity contribution is 5.97. The van der Waals surface area contributed by atoms with Crippen molar-refractivity contribution in [2.75, 3.05) is 7.11 Å². The van der Waals surface area contributed by atoms with Crippen LogP contribution >= 0.6 is 0 Å². The number of allylic oxidation sites excluding steroid dienone is 1. The third-order valence-corrected chi connectivity index (χ3v) is 3.68. The Labute approximate surface area is 145 Å². The van der Waals surface area contributed by atoms with Crippen LogP contribution in [0.5, 0.6) is 0 Å². The summed E-state index contributed by atoms with van der Waals surface area (Å²) in [4.78, 5) is 23.8. The van der Waals surface area contributed by atoms with Crippen molar-refractivity contribution >= 4 is 11.9 Å². The predicted molar refractivity (Wildman–Crippen MR) is 87.5 cm³/mol. The number of unbranched alkanes of at least 4 members (excludes halogenated alkanes) is 4. The predicted octanol–water partition coefficient (Wildman–Crippen LogP) is 3.90. The van der Waals surface area contributed by atoms with Gasteiger partial charge in [0, 0.05) is 12.1 Å². The van der Waals surface area contributed by atoms with Crippen molar-refractivity contribution in [3.05, 3.63) is 47.8 Å². The van der Waals surface area contributed by atoms with Crippen molar-refractivity contribution in [2.45, 2.75) is 44.6 Å². The highest BCUT2D eigenvalue weighted by atomic mass is 19.1. The number of amides is 1. The highest BCUT2D eigenvalue weighted by Gasteiger charge is 2.25. The third kappa shape index (κ3) is 6.60. The molecule has 25 heavy (non-hydrogen) atoms. The van der Waals surface area contributed by atoms with E-state index in [1.54, 1.807) is 0 Å². The number of halogens is 3. The molecule has 4 nitrogen and oxygen atoms in total. The normalized spacial score (nSPS) is 11.7. The molecule has 0 aliphatic heterocycles. The van der Waals surface area contributed by atoms with Crippen LogP contribution in [0.3, 0.4) is 0 Å². The van der Waals surface area contributed by atoms with Gasteiger partial charge in [-0.2, -0.15) is 0 Å². The maximum atomic E-state index is 13.7. The fourth-order valence-electron chi connectivity index (χ4n) is 2.37. The number of rotatable bonds is 10. The van der Waals surface area contributed by atoms with Crippen molar-refractivity contribution in [3.8, 4) is 0 Å². The van der Waals surface area contributed by atoms with Crippen LogP contribution in [0.25, 0.3) is 0 Å². The summed E-state index contributed by atoms with van der Waals surface area (Å²) in [7, 11) is 1.16. The van der Waals surface area contributed by atoms with E-state index in [1.165, 1.54) is 0 Å². The summed E-state index contributed by atoms with van der Waals surface area (Å²) in [5.74, 6) is -5.62. The average molecular weight is 357 g/mol. The highest BCUT2D eigenvalue weighted by Crippen LogP contribution is 2.16. The molecule has 1 N–H and O–H groups in total. The van der Waals surface area contributed by atoms with E-state index in [4.69, 9.17) is 0 Å². The Bertz CT molecular complexity index is 597. The fraction of sp³-hybridized carbons (Fsp3) is 0.444. The molecule has 0 bridgehead atoms. The van der Waals surface area contributed by atoms with E-state index in [0.717, 1.165) is 32.8 Å². The minimum Gasteiger partial charge on any atom is -0.467 e. The minimum absolute atomic E-state index is 0.275. The molecule has 0 unspecified atom stereocenters. The Balaban J connectivity index is 2.70. The maximum absolute atomic E-state index is 13.7. The van der Waals surface area contributed by atoms with Crippen LogP contribution in [-0.4, -0.2) is 25.0 Å². The summed E-state index contributed by atoms with van der Waals surface area (Å²) in [6.45, 7) is 3.63. The summed E-state index contributed by atoms with van der Waals surface area (Å²) in [5, 5.41) is 2.26. The number of carbonyl (C=O) groups excluding carboxylic acids is 2. The van der Waals surface area contributed by atoms with Gasteiger partial charge >= 0.3 is 5.97 Å². The Hall–Kier alpha value is -2.31. The summed E-state index contributed by atoms with van der Waals surface area (Å²) in [6.07, 6.45) is 6.38. The molecule has 0 heterocycles. The lowest BCUT2D eigenvalue weighted by molar-refractivity contribution is -0.143. The van der Waals surface area contributed by atoms with Gasteiger partial charge in [-0.15, -0.1) is 6.58 Å². The fourth-order valence-corrected chi connectivity index (χ4v) is 2.37. The summed E-state index contributed by atoms with van der Waals surface area (Å²) >= 11 is 0. The van der Waals surface area contributed by atoms with Gasteiger partial charge in [-0.25, -0.2) is 18.0 Å². The molecule has 0 aliphatic carbocycles. The largest absolute Gasteiger partial charge is 0.467 e. The van der Waals surface area contributed by atoms with Gasteiger partial charge in [0.2, 0.25) is 0 Å². The van der Waals surface area contributed by atoms with Crippen molar-refractivity contribution < 1.29 is 27.5 Å². The Morgan fingerprint density at radius 1 is 1.16 bits per heavy atom. The third-order valence-electron chi connectivity index (χ3n) is 3.68. The molecule has 0 aliphatic rings. The number of benzene rings is 1. The Morgan fingerprint density at radius 2 is 1.76 bits per heavy atom. The minimum atomic E-state index is -1.33. The molecular formula is C18H22F3NO3. The quantitative estimate of drug-likeness (QED) is 0.392. The molecule has 0 fully saturated rings. The molecule has 0 aromatic heterocycles. The van der Waals surface area contributed by atoms with Crippen molar-refractivity contribution in [2.24, 2.45) is 0 Å². The van der Waals surface area contributed by atoms with Gasteiger partial charge in [-0.3, -0.25) is 4.79 Å². The maximum Gasteiger partial charge on any atom is 0.328 e. The van der Waals surface area contributed by atoms with Crippen LogP contribution < -0.4 is 5.32 Å².